The van der Waals surface area contributed by atoms with Crippen LogP contribution in [0.25, 0.3) is 0 Å². The molecule has 0 aromatic heterocycles. The molecule has 1 aromatic rings. The molecule has 0 saturated carbocycles. The molecule has 0 aliphatic heterocycles. The maximum Gasteiger partial charge on any atom is 0.320 e. The highest BCUT2D eigenvalue weighted by atomic mass is 16.4. The van der Waals surface area contributed by atoms with Gasteiger partial charge in [-0.1, -0.05) is 12.1 Å². The fraction of sp³-hybridized carbons (Fsp3) is 0.273. The van der Waals surface area contributed by atoms with Crippen molar-refractivity contribution in [2.24, 2.45) is 5.73 Å². The zero-order valence-corrected chi connectivity index (χ0v) is 9.74. The third kappa shape index (κ3) is 7.07. The summed E-state index contributed by atoms with van der Waals surface area (Å²) in [6, 6.07) is 6.19. The van der Waals surface area contributed by atoms with E-state index in [4.69, 9.17) is 27.4 Å². The lowest BCUT2D eigenvalue weighted by Gasteiger charge is -2.01. The first-order chi connectivity index (χ1) is 8.34. The van der Waals surface area contributed by atoms with Gasteiger partial charge in [0.15, 0.2) is 0 Å². The largest absolute Gasteiger partial charge is 0.481 e. The van der Waals surface area contributed by atoms with Gasteiger partial charge < -0.3 is 27.4 Å². The fourth-order valence-corrected chi connectivity index (χ4v) is 0.913. The molecular formula is C11H17N3O4. The Bertz CT molecular complexity index is 388. The minimum absolute atomic E-state index is 0.0231. The van der Waals surface area contributed by atoms with Crippen LogP contribution in [0.1, 0.15) is 12.8 Å². The van der Waals surface area contributed by atoms with Crippen LogP contribution in [0.2, 0.25) is 0 Å². The lowest BCUT2D eigenvalue weighted by Crippen LogP contribution is -2.30. The van der Waals surface area contributed by atoms with Crippen LogP contribution in [0.15, 0.2) is 24.3 Å². The summed E-state index contributed by atoms with van der Waals surface area (Å²) in [6.07, 6.45) is -0.224. The van der Waals surface area contributed by atoms with Crippen molar-refractivity contribution in [3.8, 4) is 0 Å². The summed E-state index contributed by atoms with van der Waals surface area (Å²) in [4.78, 5) is 19.9. The van der Waals surface area contributed by atoms with Gasteiger partial charge in [-0.3, -0.25) is 9.59 Å². The topological polar surface area (TPSA) is 153 Å². The Morgan fingerprint density at radius 2 is 1.56 bits per heavy atom. The summed E-state index contributed by atoms with van der Waals surface area (Å²) in [5.41, 5.74) is 17.1. The summed E-state index contributed by atoms with van der Waals surface area (Å²) in [5, 5.41) is 16.3. The number of aliphatic carboxylic acids is 2. The molecule has 1 rings (SSSR count). The van der Waals surface area contributed by atoms with Gasteiger partial charge in [-0.2, -0.15) is 0 Å². The van der Waals surface area contributed by atoms with Gasteiger partial charge in [0.05, 0.1) is 11.4 Å². The van der Waals surface area contributed by atoms with Gasteiger partial charge >= 0.3 is 11.9 Å². The van der Waals surface area contributed by atoms with Crippen molar-refractivity contribution >= 4 is 23.3 Å². The van der Waals surface area contributed by atoms with E-state index in [1.807, 2.05) is 12.1 Å². The highest BCUT2D eigenvalue weighted by Crippen LogP contribution is 2.10. The predicted octanol–water partition coefficient (Wildman–Crippen LogP) is 0.114. The molecule has 0 saturated heterocycles. The summed E-state index contributed by atoms with van der Waals surface area (Å²) in [6.45, 7) is 0. The quantitative estimate of drug-likeness (QED) is 0.478. The SMILES string of the molecule is N[C@@H](CCC(=O)O)C(=O)O.Nc1ccccc1N. The van der Waals surface area contributed by atoms with Crippen LogP contribution in [-0.4, -0.2) is 28.2 Å². The van der Waals surface area contributed by atoms with E-state index >= 15 is 0 Å². The molecule has 0 heterocycles. The molecule has 100 valence electrons. The summed E-state index contributed by atoms with van der Waals surface area (Å²) in [5.74, 6) is -2.20. The van der Waals surface area contributed by atoms with E-state index in [1.165, 1.54) is 0 Å². The fourth-order valence-electron chi connectivity index (χ4n) is 0.913. The first-order valence-corrected chi connectivity index (χ1v) is 5.14. The van der Waals surface area contributed by atoms with Crippen LogP contribution in [0.4, 0.5) is 11.4 Å². The third-order valence-corrected chi connectivity index (χ3v) is 1.98. The number of carboxylic acid groups (broad SMARTS) is 2. The Morgan fingerprint density at radius 1 is 1.11 bits per heavy atom. The second kappa shape index (κ2) is 7.91. The Labute approximate surface area is 104 Å². The summed E-state index contributed by atoms with van der Waals surface area (Å²) in [7, 11) is 0. The van der Waals surface area contributed by atoms with Crippen molar-refractivity contribution in [3.05, 3.63) is 24.3 Å². The number of anilines is 2. The molecular weight excluding hydrogens is 238 g/mol. The van der Waals surface area contributed by atoms with Gasteiger partial charge in [-0.15, -0.1) is 0 Å². The van der Waals surface area contributed by atoms with Gasteiger partial charge in [0, 0.05) is 6.42 Å². The van der Waals surface area contributed by atoms with Crippen molar-refractivity contribution in [2.75, 3.05) is 11.5 Å². The van der Waals surface area contributed by atoms with Crippen molar-refractivity contribution in [3.63, 3.8) is 0 Å². The smallest absolute Gasteiger partial charge is 0.320 e. The first kappa shape index (κ1) is 15.7. The number of benzene rings is 1. The second-order valence-electron chi connectivity index (χ2n) is 3.51. The molecule has 7 nitrogen and oxygen atoms in total. The molecule has 0 aliphatic carbocycles. The number of rotatable bonds is 4. The number of hydrogen-bond acceptors (Lipinski definition) is 5. The average molecular weight is 255 g/mol. The lowest BCUT2D eigenvalue weighted by molar-refractivity contribution is -0.139. The third-order valence-electron chi connectivity index (χ3n) is 1.98. The van der Waals surface area contributed by atoms with Gasteiger partial charge in [0.25, 0.3) is 0 Å². The summed E-state index contributed by atoms with van der Waals surface area (Å²) >= 11 is 0. The van der Waals surface area contributed by atoms with Crippen LogP contribution in [0, 0.1) is 0 Å². The molecule has 1 atom stereocenters. The number of carboxylic acids is 2. The normalized spacial score (nSPS) is 10.9. The molecule has 0 bridgehead atoms. The maximum absolute atomic E-state index is 9.99. The van der Waals surface area contributed by atoms with E-state index in [1.54, 1.807) is 12.1 Å². The second-order valence-corrected chi connectivity index (χ2v) is 3.51. The van der Waals surface area contributed by atoms with Crippen LogP contribution >= 0.6 is 0 Å². The minimum Gasteiger partial charge on any atom is -0.481 e. The maximum atomic E-state index is 9.99. The molecule has 8 N–H and O–H groups in total. The van der Waals surface area contributed by atoms with Crippen molar-refractivity contribution in [1.82, 2.24) is 0 Å². The van der Waals surface area contributed by atoms with E-state index in [2.05, 4.69) is 0 Å². The molecule has 0 spiro atoms. The number of hydrogen-bond donors (Lipinski definition) is 5. The van der Waals surface area contributed by atoms with E-state index in [0.717, 1.165) is 0 Å². The number of carbonyl (C=O) groups is 2. The first-order valence-electron chi connectivity index (χ1n) is 5.14. The molecule has 0 radical (unpaired) electrons. The highest BCUT2D eigenvalue weighted by Gasteiger charge is 2.12. The number of nitrogen functional groups attached to an aromatic ring is 2. The average Bonchev–Trinajstić information content (AvgIpc) is 2.30. The van der Waals surface area contributed by atoms with E-state index in [0.29, 0.717) is 11.4 Å². The predicted molar refractivity (Wildman–Crippen MR) is 67.7 cm³/mol. The standard InChI is InChI=1S/C6H8N2.C5H9NO4/c7-5-3-1-2-4-6(5)8;6-3(5(9)10)1-2-4(7)8/h1-4H,7-8H2;3H,1-2,6H2,(H,7,8)(H,9,10)/t;3-/m.0/s1. The highest BCUT2D eigenvalue weighted by molar-refractivity contribution is 5.74. The van der Waals surface area contributed by atoms with E-state index < -0.39 is 18.0 Å². The monoisotopic (exact) mass is 255 g/mol. The molecule has 0 fully saturated rings. The van der Waals surface area contributed by atoms with Crippen LogP contribution in [0.5, 0.6) is 0 Å². The Balaban J connectivity index is 0.000000327. The van der Waals surface area contributed by atoms with Gasteiger partial charge in [-0.25, -0.2) is 0 Å². The van der Waals surface area contributed by atoms with Crippen molar-refractivity contribution < 1.29 is 19.8 Å². The number of nitrogens with two attached hydrogens (primary N) is 3. The van der Waals surface area contributed by atoms with E-state index in [9.17, 15) is 9.59 Å². The van der Waals surface area contributed by atoms with Gasteiger partial charge in [0.1, 0.15) is 6.04 Å². The molecule has 7 heteroatoms. The van der Waals surface area contributed by atoms with Crippen molar-refractivity contribution in [1.29, 1.82) is 0 Å². The van der Waals surface area contributed by atoms with Gasteiger partial charge in [0.2, 0.25) is 0 Å². The number of para-hydroxylation sites is 2. The molecule has 1 aromatic carbocycles. The minimum atomic E-state index is -1.17. The lowest BCUT2D eigenvalue weighted by atomic mass is 10.2. The molecule has 0 amide bonds. The Hall–Kier alpha value is -2.28. The molecule has 18 heavy (non-hydrogen) atoms. The summed E-state index contributed by atoms with van der Waals surface area (Å²) < 4.78 is 0. The molecule has 0 unspecified atom stereocenters. The zero-order chi connectivity index (χ0) is 14.1. The van der Waals surface area contributed by atoms with Gasteiger partial charge in [-0.05, 0) is 18.6 Å². The van der Waals surface area contributed by atoms with Crippen LogP contribution in [-0.2, 0) is 9.59 Å². The molecule has 0 aliphatic rings. The van der Waals surface area contributed by atoms with Crippen LogP contribution < -0.4 is 17.2 Å². The Kier molecular flexibility index (Phi) is 6.91. The Morgan fingerprint density at radius 3 is 1.83 bits per heavy atom. The van der Waals surface area contributed by atoms with E-state index in [-0.39, 0.29) is 12.8 Å². The zero-order valence-electron chi connectivity index (χ0n) is 9.74. The van der Waals surface area contributed by atoms with Crippen molar-refractivity contribution in [2.45, 2.75) is 18.9 Å². The van der Waals surface area contributed by atoms with Crippen LogP contribution in [0.3, 0.4) is 0 Å².